The first-order valence-electron chi connectivity index (χ1n) is 3.75. The lowest BCUT2D eigenvalue weighted by molar-refractivity contribution is 0.202. The van der Waals surface area contributed by atoms with E-state index in [1.807, 2.05) is 24.3 Å². The van der Waals surface area contributed by atoms with E-state index in [1.54, 1.807) is 11.0 Å². The Morgan fingerprint density at radius 2 is 2.14 bits per heavy atom. The number of aromatic amines is 1. The largest absolute Gasteiger partial charge is 0.464 e. The number of aromatic nitrogens is 2. The molecule has 6 heteroatoms. The third-order valence-corrected chi connectivity index (χ3v) is 1.61. The van der Waals surface area contributed by atoms with Crippen LogP contribution in [-0.2, 0) is 0 Å². The fraction of sp³-hybridized carbons (Fsp3) is 0. The number of amides is 1. The van der Waals surface area contributed by atoms with E-state index in [0.29, 0.717) is 0 Å². The van der Waals surface area contributed by atoms with Crippen LogP contribution in [0.15, 0.2) is 30.6 Å². The first kappa shape index (κ1) is 10.4. The molecular formula is C8H9N3O2S. The molecule has 1 amide bonds. The molecule has 0 radical (unpaired) electrons. The summed E-state index contributed by atoms with van der Waals surface area (Å²) < 4.78 is 1.64. The number of para-hydroxylation sites is 2. The van der Waals surface area contributed by atoms with Gasteiger partial charge in [-0.25, -0.2) is 9.78 Å². The van der Waals surface area contributed by atoms with E-state index < -0.39 is 6.09 Å². The summed E-state index contributed by atoms with van der Waals surface area (Å²) >= 11 is 3.17. The number of H-pyrrole nitrogens is 1. The number of hydrogen-bond acceptors (Lipinski definition) is 3. The number of fused-ring (bicyclic) bond motifs is 1. The van der Waals surface area contributed by atoms with Crippen LogP contribution in [0.25, 0.3) is 11.0 Å². The second-order valence-corrected chi connectivity index (χ2v) is 2.56. The van der Waals surface area contributed by atoms with Gasteiger partial charge >= 0.3 is 6.09 Å². The van der Waals surface area contributed by atoms with E-state index in [4.69, 9.17) is 5.11 Å². The molecule has 0 spiro atoms. The molecule has 1 aromatic carbocycles. The minimum Gasteiger partial charge on any atom is -0.464 e. The predicted octanol–water partition coefficient (Wildman–Crippen LogP) is 1.66. The normalized spacial score (nSPS) is 8.93. The smallest absolute Gasteiger partial charge is 0.414 e. The number of nitrogens with one attached hydrogen (secondary N) is 2. The SMILES string of the molecule is O=C(O)NS.c1ccc2[nH]cnc2c1. The summed E-state index contributed by atoms with van der Waals surface area (Å²) in [5, 5.41) is 7.53. The maximum atomic E-state index is 9.18. The van der Waals surface area contributed by atoms with Crippen LogP contribution in [0.3, 0.4) is 0 Å². The Bertz CT molecular complexity index is 385. The summed E-state index contributed by atoms with van der Waals surface area (Å²) in [7, 11) is 0. The van der Waals surface area contributed by atoms with E-state index in [0.717, 1.165) is 11.0 Å². The number of carboxylic acid groups (broad SMARTS) is 1. The third-order valence-electron chi connectivity index (χ3n) is 1.42. The summed E-state index contributed by atoms with van der Waals surface area (Å²) in [6.07, 6.45) is 0.568. The lowest BCUT2D eigenvalue weighted by atomic mass is 10.3. The zero-order valence-corrected chi connectivity index (χ0v) is 8.03. The van der Waals surface area contributed by atoms with E-state index >= 15 is 0 Å². The highest BCUT2D eigenvalue weighted by Crippen LogP contribution is 2.05. The van der Waals surface area contributed by atoms with Gasteiger partial charge in [-0.15, -0.1) is 0 Å². The van der Waals surface area contributed by atoms with Crippen molar-refractivity contribution in [1.82, 2.24) is 14.7 Å². The van der Waals surface area contributed by atoms with Gasteiger partial charge in [-0.1, -0.05) is 24.9 Å². The van der Waals surface area contributed by atoms with Crippen molar-refractivity contribution in [3.8, 4) is 0 Å². The molecule has 0 saturated heterocycles. The Kier molecular flexibility index (Phi) is 3.81. The average molecular weight is 211 g/mol. The van der Waals surface area contributed by atoms with Gasteiger partial charge in [-0.2, -0.15) is 0 Å². The van der Waals surface area contributed by atoms with Crippen LogP contribution in [0.2, 0.25) is 0 Å². The second kappa shape index (κ2) is 5.13. The average Bonchev–Trinajstić information content (AvgIpc) is 2.66. The molecular weight excluding hydrogens is 202 g/mol. The van der Waals surface area contributed by atoms with E-state index in [-0.39, 0.29) is 0 Å². The molecule has 1 heterocycles. The summed E-state index contributed by atoms with van der Waals surface area (Å²) in [5.41, 5.74) is 2.12. The standard InChI is InChI=1S/C7H6N2.CH3NO2S/c1-2-4-7-6(3-1)8-5-9-7;3-1(4)2-5/h1-5H,(H,8,9);2,5H,(H,3,4). The summed E-state index contributed by atoms with van der Waals surface area (Å²) in [5.74, 6) is 0. The van der Waals surface area contributed by atoms with Gasteiger partial charge in [-0.05, 0) is 12.1 Å². The summed E-state index contributed by atoms with van der Waals surface area (Å²) in [6, 6.07) is 7.94. The molecule has 0 saturated carbocycles. The number of carbonyl (C=O) groups is 1. The minimum atomic E-state index is -1.13. The highest BCUT2D eigenvalue weighted by Gasteiger charge is 1.88. The van der Waals surface area contributed by atoms with Crippen LogP contribution in [-0.4, -0.2) is 21.2 Å². The molecule has 3 N–H and O–H groups in total. The van der Waals surface area contributed by atoms with Gasteiger partial charge in [-0.3, -0.25) is 4.72 Å². The Morgan fingerprint density at radius 1 is 1.50 bits per heavy atom. The van der Waals surface area contributed by atoms with Gasteiger partial charge < -0.3 is 10.1 Å². The van der Waals surface area contributed by atoms with Crippen molar-refractivity contribution in [3.05, 3.63) is 30.6 Å². The number of imidazole rings is 1. The number of nitrogens with zero attached hydrogens (tertiary/aromatic N) is 1. The highest BCUT2D eigenvalue weighted by molar-refractivity contribution is 7.78. The Morgan fingerprint density at radius 3 is 2.71 bits per heavy atom. The molecule has 1 aromatic heterocycles. The van der Waals surface area contributed by atoms with Crippen LogP contribution in [0, 0.1) is 0 Å². The van der Waals surface area contributed by atoms with Crippen LogP contribution in [0.1, 0.15) is 0 Å². The summed E-state index contributed by atoms with van der Waals surface area (Å²) in [6.45, 7) is 0. The molecule has 0 atom stereocenters. The molecule has 2 rings (SSSR count). The van der Waals surface area contributed by atoms with Crippen LogP contribution < -0.4 is 4.72 Å². The molecule has 0 bridgehead atoms. The predicted molar refractivity (Wildman–Crippen MR) is 56.2 cm³/mol. The maximum absolute atomic E-state index is 9.18. The Balaban J connectivity index is 0.000000171. The maximum Gasteiger partial charge on any atom is 0.414 e. The molecule has 2 aromatic rings. The van der Waals surface area contributed by atoms with Gasteiger partial charge in [0.1, 0.15) is 0 Å². The van der Waals surface area contributed by atoms with Crippen molar-refractivity contribution in [2.75, 3.05) is 0 Å². The molecule has 0 aliphatic rings. The van der Waals surface area contributed by atoms with Crippen molar-refractivity contribution in [1.29, 1.82) is 0 Å². The van der Waals surface area contributed by atoms with Crippen LogP contribution in [0.4, 0.5) is 4.79 Å². The van der Waals surface area contributed by atoms with Crippen molar-refractivity contribution < 1.29 is 9.90 Å². The van der Waals surface area contributed by atoms with Crippen LogP contribution >= 0.6 is 12.8 Å². The molecule has 14 heavy (non-hydrogen) atoms. The number of thiol groups is 1. The van der Waals surface area contributed by atoms with E-state index in [1.165, 1.54) is 0 Å². The molecule has 0 unspecified atom stereocenters. The van der Waals surface area contributed by atoms with Gasteiger partial charge in [0, 0.05) is 0 Å². The molecule has 0 fully saturated rings. The molecule has 0 aliphatic carbocycles. The topological polar surface area (TPSA) is 78.0 Å². The van der Waals surface area contributed by atoms with Gasteiger partial charge in [0.25, 0.3) is 0 Å². The minimum absolute atomic E-state index is 1.03. The van der Waals surface area contributed by atoms with E-state index in [9.17, 15) is 4.79 Å². The lowest BCUT2D eigenvalue weighted by Crippen LogP contribution is -2.06. The van der Waals surface area contributed by atoms with Crippen molar-refractivity contribution in [2.24, 2.45) is 0 Å². The zero-order valence-electron chi connectivity index (χ0n) is 7.14. The lowest BCUT2D eigenvalue weighted by Gasteiger charge is -1.81. The first-order valence-corrected chi connectivity index (χ1v) is 4.20. The van der Waals surface area contributed by atoms with Crippen molar-refractivity contribution >= 4 is 29.9 Å². The number of benzene rings is 1. The molecule has 0 aliphatic heterocycles. The highest BCUT2D eigenvalue weighted by atomic mass is 32.1. The van der Waals surface area contributed by atoms with Gasteiger partial charge in [0.15, 0.2) is 0 Å². The molecule has 74 valence electrons. The first-order chi connectivity index (χ1) is 6.74. The second-order valence-electron chi connectivity index (χ2n) is 2.34. The summed E-state index contributed by atoms with van der Waals surface area (Å²) in [4.78, 5) is 16.3. The van der Waals surface area contributed by atoms with Crippen LogP contribution in [0.5, 0.6) is 0 Å². The zero-order chi connectivity index (χ0) is 10.4. The van der Waals surface area contributed by atoms with Gasteiger partial charge in [0.2, 0.25) is 0 Å². The van der Waals surface area contributed by atoms with Crippen molar-refractivity contribution in [3.63, 3.8) is 0 Å². The monoisotopic (exact) mass is 211 g/mol. The molecule has 5 nitrogen and oxygen atoms in total. The Hall–Kier alpha value is -1.69. The Labute approximate surface area is 85.7 Å². The fourth-order valence-corrected chi connectivity index (χ4v) is 0.880. The van der Waals surface area contributed by atoms with Gasteiger partial charge in [0.05, 0.1) is 17.4 Å². The number of rotatable bonds is 0. The number of hydrogen-bond donors (Lipinski definition) is 4. The fourth-order valence-electron chi connectivity index (χ4n) is 0.880. The van der Waals surface area contributed by atoms with Crippen molar-refractivity contribution in [2.45, 2.75) is 0 Å². The third kappa shape index (κ3) is 2.98. The quantitative estimate of drug-likeness (QED) is 0.500. The van der Waals surface area contributed by atoms with E-state index in [2.05, 4.69) is 22.8 Å².